The van der Waals surface area contributed by atoms with Gasteiger partial charge in [-0.1, -0.05) is 29.5 Å². The maximum absolute atomic E-state index is 11.1. The maximum Gasteiger partial charge on any atom is 0.357 e. The molecule has 4 aromatic rings. The lowest BCUT2D eigenvalue weighted by Crippen LogP contribution is -2.11. The van der Waals surface area contributed by atoms with E-state index < -0.39 is 10.3 Å². The fourth-order valence-electron chi connectivity index (χ4n) is 3.26. The van der Waals surface area contributed by atoms with Crippen LogP contribution < -0.4 is 15.2 Å². The quantitative estimate of drug-likeness (QED) is 0.381. The van der Waals surface area contributed by atoms with E-state index in [2.05, 4.69) is 25.0 Å². The average Bonchev–Trinajstić information content (AvgIpc) is 3.11. The van der Waals surface area contributed by atoms with Gasteiger partial charge >= 0.3 is 10.3 Å². The SMILES string of the molecule is COc1ccccc1-c1nc(N)nc2c1nnn2Cc1ccc(NS(=O)(=O)O)c(C)c1. The molecule has 0 amide bonds. The fraction of sp³-hybridized carbons (Fsp3) is 0.158. The van der Waals surface area contributed by atoms with Crippen molar-refractivity contribution in [3.63, 3.8) is 0 Å². The standard InChI is InChI=1S/C19H19N7O4S/c1-11-9-12(7-8-14(11)24-31(27,28)29)10-26-18-17(23-25-26)16(21-19(20)22-18)13-5-3-4-6-15(13)30-2/h3-9,24H,10H2,1-2H3,(H2,20,21,22)(H,27,28,29). The third-order valence-electron chi connectivity index (χ3n) is 4.60. The van der Waals surface area contributed by atoms with Crippen LogP contribution in [-0.4, -0.2) is 45.0 Å². The number of fused-ring (bicyclic) bond motifs is 1. The number of nitrogens with zero attached hydrogens (tertiary/aromatic N) is 5. The number of anilines is 2. The number of ether oxygens (including phenoxy) is 1. The second kappa shape index (κ2) is 7.81. The predicted molar refractivity (Wildman–Crippen MR) is 115 cm³/mol. The minimum atomic E-state index is -4.35. The van der Waals surface area contributed by atoms with Crippen molar-refractivity contribution in [3.8, 4) is 17.0 Å². The summed E-state index contributed by atoms with van der Waals surface area (Å²) in [6, 6.07) is 12.4. The minimum absolute atomic E-state index is 0.0702. The number of hydrogen-bond donors (Lipinski definition) is 3. The van der Waals surface area contributed by atoms with Gasteiger partial charge in [0.1, 0.15) is 11.4 Å². The lowest BCUT2D eigenvalue weighted by atomic mass is 10.1. The normalized spacial score (nSPS) is 11.6. The van der Waals surface area contributed by atoms with Crippen LogP contribution in [0.1, 0.15) is 11.1 Å². The molecule has 0 saturated heterocycles. The number of benzene rings is 2. The van der Waals surface area contributed by atoms with Crippen LogP contribution in [0.4, 0.5) is 11.6 Å². The van der Waals surface area contributed by atoms with Gasteiger partial charge in [0.15, 0.2) is 11.2 Å². The van der Waals surface area contributed by atoms with Crippen molar-refractivity contribution >= 4 is 33.1 Å². The molecule has 0 aliphatic carbocycles. The highest BCUT2D eigenvalue weighted by Crippen LogP contribution is 2.32. The summed E-state index contributed by atoms with van der Waals surface area (Å²) in [7, 11) is -2.78. The largest absolute Gasteiger partial charge is 0.496 e. The molecule has 11 nitrogen and oxygen atoms in total. The summed E-state index contributed by atoms with van der Waals surface area (Å²) in [6.45, 7) is 2.03. The molecule has 4 N–H and O–H groups in total. The molecule has 0 fully saturated rings. The van der Waals surface area contributed by atoms with Crippen LogP contribution in [0.3, 0.4) is 0 Å². The van der Waals surface area contributed by atoms with Crippen molar-refractivity contribution in [1.29, 1.82) is 0 Å². The molecule has 0 unspecified atom stereocenters. The summed E-state index contributed by atoms with van der Waals surface area (Å²) in [5.74, 6) is 0.690. The summed E-state index contributed by atoms with van der Waals surface area (Å²) < 4.78 is 40.1. The highest BCUT2D eigenvalue weighted by molar-refractivity contribution is 7.87. The summed E-state index contributed by atoms with van der Waals surface area (Å²) >= 11 is 0. The van der Waals surface area contributed by atoms with E-state index in [0.717, 1.165) is 5.56 Å². The molecule has 0 aliphatic rings. The van der Waals surface area contributed by atoms with Crippen molar-refractivity contribution in [3.05, 3.63) is 53.6 Å². The molecule has 0 radical (unpaired) electrons. The van der Waals surface area contributed by atoms with Gasteiger partial charge in [0.25, 0.3) is 0 Å². The van der Waals surface area contributed by atoms with E-state index in [1.165, 1.54) is 0 Å². The average molecular weight is 441 g/mol. The zero-order chi connectivity index (χ0) is 22.2. The number of para-hydroxylation sites is 1. The van der Waals surface area contributed by atoms with Crippen LogP contribution in [-0.2, 0) is 16.8 Å². The summed E-state index contributed by atoms with van der Waals surface area (Å²) in [5, 5.41) is 8.45. The smallest absolute Gasteiger partial charge is 0.357 e. The lowest BCUT2D eigenvalue weighted by Gasteiger charge is -2.10. The van der Waals surface area contributed by atoms with Gasteiger partial charge in [0, 0.05) is 5.56 Å². The Morgan fingerprint density at radius 2 is 1.97 bits per heavy atom. The number of nitrogens with two attached hydrogens (primary N) is 1. The summed E-state index contributed by atoms with van der Waals surface area (Å²) in [4.78, 5) is 8.64. The zero-order valence-corrected chi connectivity index (χ0v) is 17.5. The van der Waals surface area contributed by atoms with E-state index in [1.807, 2.05) is 24.3 Å². The Labute approximate surface area is 177 Å². The Morgan fingerprint density at radius 3 is 2.68 bits per heavy atom. The number of nitrogens with one attached hydrogen (secondary N) is 1. The first-order valence-electron chi connectivity index (χ1n) is 9.10. The van der Waals surface area contributed by atoms with Gasteiger partial charge in [-0.05, 0) is 36.2 Å². The fourth-order valence-corrected chi connectivity index (χ4v) is 3.76. The zero-order valence-electron chi connectivity index (χ0n) is 16.6. The van der Waals surface area contributed by atoms with Crippen molar-refractivity contribution in [2.24, 2.45) is 0 Å². The molecule has 0 atom stereocenters. The summed E-state index contributed by atoms with van der Waals surface area (Å²) in [5.41, 5.74) is 9.83. The lowest BCUT2D eigenvalue weighted by molar-refractivity contribution is 0.416. The molecule has 0 bridgehead atoms. The number of aromatic nitrogens is 5. The topological polar surface area (TPSA) is 158 Å². The van der Waals surface area contributed by atoms with Gasteiger partial charge in [-0.25, -0.2) is 9.67 Å². The molecular weight excluding hydrogens is 422 g/mol. The van der Waals surface area contributed by atoms with E-state index >= 15 is 0 Å². The van der Waals surface area contributed by atoms with Crippen LogP contribution in [0, 0.1) is 6.92 Å². The van der Waals surface area contributed by atoms with Crippen molar-refractivity contribution in [2.75, 3.05) is 17.6 Å². The third-order valence-corrected chi connectivity index (χ3v) is 5.08. The molecule has 2 aromatic carbocycles. The summed E-state index contributed by atoms with van der Waals surface area (Å²) in [6.07, 6.45) is 0. The van der Waals surface area contributed by atoms with Crippen molar-refractivity contribution in [2.45, 2.75) is 13.5 Å². The van der Waals surface area contributed by atoms with E-state index in [-0.39, 0.29) is 11.6 Å². The molecule has 2 heterocycles. The number of nitrogen functional groups attached to an aromatic ring is 1. The molecule has 2 aromatic heterocycles. The van der Waals surface area contributed by atoms with Crippen LogP contribution in [0.5, 0.6) is 5.75 Å². The first-order valence-corrected chi connectivity index (χ1v) is 10.5. The molecule has 4 rings (SSSR count). The molecule has 0 saturated carbocycles. The van der Waals surface area contributed by atoms with Crippen LogP contribution in [0.15, 0.2) is 42.5 Å². The third kappa shape index (κ3) is 4.25. The van der Waals surface area contributed by atoms with Gasteiger partial charge in [0.2, 0.25) is 5.95 Å². The van der Waals surface area contributed by atoms with E-state index in [1.54, 1.807) is 36.9 Å². The second-order valence-corrected chi connectivity index (χ2v) is 7.93. The number of aryl methyl sites for hydroxylation is 1. The minimum Gasteiger partial charge on any atom is -0.496 e. The first-order chi connectivity index (χ1) is 14.7. The molecule has 31 heavy (non-hydrogen) atoms. The van der Waals surface area contributed by atoms with Gasteiger partial charge < -0.3 is 10.5 Å². The molecular formula is C19H19N7O4S. The van der Waals surface area contributed by atoms with Gasteiger partial charge in [-0.2, -0.15) is 13.4 Å². The van der Waals surface area contributed by atoms with Gasteiger partial charge in [-0.15, -0.1) is 5.10 Å². The number of rotatable bonds is 6. The van der Waals surface area contributed by atoms with E-state index in [4.69, 9.17) is 15.0 Å². The monoisotopic (exact) mass is 441 g/mol. The predicted octanol–water partition coefficient (Wildman–Crippen LogP) is 2.05. The Balaban J connectivity index is 1.74. The highest BCUT2D eigenvalue weighted by Gasteiger charge is 2.18. The van der Waals surface area contributed by atoms with Crippen molar-refractivity contribution < 1.29 is 17.7 Å². The molecule has 0 aliphatic heterocycles. The maximum atomic E-state index is 11.1. The van der Waals surface area contributed by atoms with Crippen LogP contribution in [0.2, 0.25) is 0 Å². The van der Waals surface area contributed by atoms with Crippen molar-refractivity contribution in [1.82, 2.24) is 25.0 Å². The van der Waals surface area contributed by atoms with Crippen LogP contribution >= 0.6 is 0 Å². The Hall–Kier alpha value is -3.77. The first kappa shape index (κ1) is 20.5. The second-order valence-electron chi connectivity index (χ2n) is 6.78. The van der Waals surface area contributed by atoms with Gasteiger partial charge in [-0.3, -0.25) is 9.27 Å². The highest BCUT2D eigenvalue weighted by atomic mass is 32.2. The van der Waals surface area contributed by atoms with Crippen LogP contribution in [0.25, 0.3) is 22.4 Å². The Kier molecular flexibility index (Phi) is 5.17. The van der Waals surface area contributed by atoms with E-state index in [9.17, 15) is 8.42 Å². The molecule has 12 heteroatoms. The van der Waals surface area contributed by atoms with E-state index in [0.29, 0.717) is 40.3 Å². The Bertz CT molecular complexity index is 1390. The molecule has 160 valence electrons. The number of methoxy groups -OCH3 is 1. The Morgan fingerprint density at radius 1 is 1.19 bits per heavy atom. The number of hydrogen-bond acceptors (Lipinski definition) is 8. The molecule has 0 spiro atoms. The van der Waals surface area contributed by atoms with Gasteiger partial charge in [0.05, 0.1) is 19.3 Å².